The zero-order valence-corrected chi connectivity index (χ0v) is 10.1. The molecule has 0 spiro atoms. The van der Waals surface area contributed by atoms with E-state index < -0.39 is 0 Å². The Hall–Kier alpha value is -1.42. The first kappa shape index (κ1) is 10.7. The van der Waals surface area contributed by atoms with E-state index in [-0.39, 0.29) is 0 Å². The van der Waals surface area contributed by atoms with Gasteiger partial charge in [-0.3, -0.25) is 4.40 Å². The smallest absolute Gasteiger partial charge is 0.160 e. The number of nitrogens with zero attached hydrogens (tertiary/aromatic N) is 3. The summed E-state index contributed by atoms with van der Waals surface area (Å²) in [5.41, 5.74) is 2.17. The number of ether oxygens (including phenoxy) is 1. The maximum Gasteiger partial charge on any atom is 0.160 e. The fourth-order valence-electron chi connectivity index (χ4n) is 2.41. The number of fused-ring (bicyclic) bond motifs is 1. The van der Waals surface area contributed by atoms with Crippen LogP contribution >= 0.6 is 0 Å². The van der Waals surface area contributed by atoms with Crippen LogP contribution in [-0.4, -0.2) is 27.8 Å². The van der Waals surface area contributed by atoms with Crippen LogP contribution in [0.15, 0.2) is 18.3 Å². The second-order valence-corrected chi connectivity index (χ2v) is 4.84. The molecule has 4 heteroatoms. The van der Waals surface area contributed by atoms with Gasteiger partial charge in [0.15, 0.2) is 5.65 Å². The van der Waals surface area contributed by atoms with Crippen molar-refractivity contribution in [1.82, 2.24) is 14.6 Å². The van der Waals surface area contributed by atoms with Gasteiger partial charge in [0.25, 0.3) is 0 Å². The Kier molecular flexibility index (Phi) is 2.81. The SMILES string of the molecule is Cc1ccc2nnc(CC3CCCOC3)n2c1. The van der Waals surface area contributed by atoms with Gasteiger partial charge >= 0.3 is 0 Å². The van der Waals surface area contributed by atoms with E-state index in [0.717, 1.165) is 31.1 Å². The lowest BCUT2D eigenvalue weighted by molar-refractivity contribution is 0.0542. The largest absolute Gasteiger partial charge is 0.381 e. The average molecular weight is 231 g/mol. The average Bonchev–Trinajstić information content (AvgIpc) is 2.73. The van der Waals surface area contributed by atoms with Crippen LogP contribution in [0.25, 0.3) is 5.65 Å². The molecule has 1 saturated heterocycles. The van der Waals surface area contributed by atoms with Crippen LogP contribution in [0.1, 0.15) is 24.2 Å². The van der Waals surface area contributed by atoms with Gasteiger partial charge < -0.3 is 4.74 Å². The summed E-state index contributed by atoms with van der Waals surface area (Å²) in [5, 5.41) is 8.49. The van der Waals surface area contributed by atoms with E-state index in [4.69, 9.17) is 4.74 Å². The van der Waals surface area contributed by atoms with Gasteiger partial charge in [-0.1, -0.05) is 6.07 Å². The molecule has 0 aliphatic carbocycles. The predicted molar refractivity (Wildman–Crippen MR) is 65.0 cm³/mol. The van der Waals surface area contributed by atoms with E-state index in [1.165, 1.54) is 18.4 Å². The van der Waals surface area contributed by atoms with Crippen molar-refractivity contribution < 1.29 is 4.74 Å². The van der Waals surface area contributed by atoms with E-state index in [0.29, 0.717) is 5.92 Å². The molecular formula is C13H17N3O. The van der Waals surface area contributed by atoms with Gasteiger partial charge in [-0.2, -0.15) is 0 Å². The van der Waals surface area contributed by atoms with E-state index in [1.54, 1.807) is 0 Å². The molecule has 1 fully saturated rings. The summed E-state index contributed by atoms with van der Waals surface area (Å²) in [7, 11) is 0. The second-order valence-electron chi connectivity index (χ2n) is 4.84. The third-order valence-corrected chi connectivity index (χ3v) is 3.35. The molecule has 1 aliphatic heterocycles. The lowest BCUT2D eigenvalue weighted by Gasteiger charge is -2.21. The number of pyridine rings is 1. The molecule has 0 saturated carbocycles. The highest BCUT2D eigenvalue weighted by molar-refractivity contribution is 5.39. The molecule has 4 nitrogen and oxygen atoms in total. The monoisotopic (exact) mass is 231 g/mol. The first-order valence-electron chi connectivity index (χ1n) is 6.21. The maximum absolute atomic E-state index is 5.51. The molecule has 1 atom stereocenters. The Morgan fingerprint density at radius 3 is 3.18 bits per heavy atom. The first-order chi connectivity index (χ1) is 8.33. The van der Waals surface area contributed by atoms with Crippen LogP contribution in [-0.2, 0) is 11.2 Å². The van der Waals surface area contributed by atoms with Crippen LogP contribution < -0.4 is 0 Å². The Balaban J connectivity index is 1.86. The van der Waals surface area contributed by atoms with Crippen molar-refractivity contribution >= 4 is 5.65 Å². The van der Waals surface area contributed by atoms with Crippen LogP contribution in [0.5, 0.6) is 0 Å². The van der Waals surface area contributed by atoms with Crippen molar-refractivity contribution in [1.29, 1.82) is 0 Å². The normalized spacial score (nSPS) is 20.9. The predicted octanol–water partition coefficient (Wildman–Crippen LogP) is 2.01. The Labute approximate surface area is 101 Å². The lowest BCUT2D eigenvalue weighted by Crippen LogP contribution is -2.20. The molecular weight excluding hydrogens is 214 g/mol. The van der Waals surface area contributed by atoms with Gasteiger partial charge in [0.2, 0.25) is 0 Å². The van der Waals surface area contributed by atoms with Crippen molar-refractivity contribution in [3.63, 3.8) is 0 Å². The second kappa shape index (κ2) is 4.45. The van der Waals surface area contributed by atoms with E-state index in [2.05, 4.69) is 33.8 Å². The molecule has 0 N–H and O–H groups in total. The van der Waals surface area contributed by atoms with Gasteiger partial charge in [-0.25, -0.2) is 0 Å². The molecule has 0 bridgehead atoms. The summed E-state index contributed by atoms with van der Waals surface area (Å²) in [5.74, 6) is 1.65. The minimum absolute atomic E-state index is 0.594. The first-order valence-corrected chi connectivity index (χ1v) is 6.21. The molecule has 0 aromatic carbocycles. The van der Waals surface area contributed by atoms with Crippen molar-refractivity contribution in [2.75, 3.05) is 13.2 Å². The molecule has 1 aliphatic rings. The van der Waals surface area contributed by atoms with E-state index in [1.807, 2.05) is 6.07 Å². The summed E-state index contributed by atoms with van der Waals surface area (Å²) in [6.07, 6.45) is 5.47. The molecule has 3 heterocycles. The zero-order chi connectivity index (χ0) is 11.7. The van der Waals surface area contributed by atoms with Gasteiger partial charge in [-0.05, 0) is 37.3 Å². The van der Waals surface area contributed by atoms with Crippen molar-refractivity contribution in [2.45, 2.75) is 26.2 Å². The zero-order valence-electron chi connectivity index (χ0n) is 10.1. The Bertz CT molecular complexity index is 514. The highest BCUT2D eigenvalue weighted by Gasteiger charge is 2.17. The molecule has 2 aromatic heterocycles. The van der Waals surface area contributed by atoms with Gasteiger partial charge in [-0.15, -0.1) is 10.2 Å². The third-order valence-electron chi connectivity index (χ3n) is 3.35. The highest BCUT2D eigenvalue weighted by Crippen LogP contribution is 2.18. The summed E-state index contributed by atoms with van der Waals surface area (Å²) < 4.78 is 7.61. The number of hydrogen-bond donors (Lipinski definition) is 0. The van der Waals surface area contributed by atoms with Crippen molar-refractivity contribution in [3.05, 3.63) is 29.7 Å². The topological polar surface area (TPSA) is 39.4 Å². The van der Waals surface area contributed by atoms with Gasteiger partial charge in [0, 0.05) is 25.8 Å². The number of hydrogen-bond acceptors (Lipinski definition) is 3. The number of aryl methyl sites for hydroxylation is 1. The minimum atomic E-state index is 0.594. The third kappa shape index (κ3) is 2.17. The molecule has 3 rings (SSSR count). The molecule has 0 radical (unpaired) electrons. The van der Waals surface area contributed by atoms with E-state index in [9.17, 15) is 0 Å². The highest BCUT2D eigenvalue weighted by atomic mass is 16.5. The summed E-state index contributed by atoms with van der Waals surface area (Å²) in [6, 6.07) is 4.08. The van der Waals surface area contributed by atoms with Gasteiger partial charge in [0.1, 0.15) is 5.82 Å². The summed E-state index contributed by atoms with van der Waals surface area (Å²) >= 11 is 0. The fraction of sp³-hybridized carbons (Fsp3) is 0.538. The number of rotatable bonds is 2. The minimum Gasteiger partial charge on any atom is -0.381 e. The van der Waals surface area contributed by atoms with Crippen LogP contribution in [0.3, 0.4) is 0 Å². The standard InChI is InChI=1S/C13H17N3O/c1-10-4-5-12-14-15-13(16(12)8-10)7-11-3-2-6-17-9-11/h4-5,8,11H,2-3,6-7,9H2,1H3. The summed E-state index contributed by atoms with van der Waals surface area (Å²) in [4.78, 5) is 0. The fourth-order valence-corrected chi connectivity index (χ4v) is 2.41. The van der Waals surface area contributed by atoms with Gasteiger partial charge in [0.05, 0.1) is 0 Å². The quantitative estimate of drug-likeness (QED) is 0.793. The molecule has 0 amide bonds. The van der Waals surface area contributed by atoms with Crippen LogP contribution in [0, 0.1) is 12.8 Å². The number of aromatic nitrogens is 3. The molecule has 90 valence electrons. The Morgan fingerprint density at radius 1 is 1.41 bits per heavy atom. The molecule has 2 aromatic rings. The van der Waals surface area contributed by atoms with Crippen molar-refractivity contribution in [3.8, 4) is 0 Å². The van der Waals surface area contributed by atoms with Crippen LogP contribution in [0.2, 0.25) is 0 Å². The van der Waals surface area contributed by atoms with Crippen molar-refractivity contribution in [2.24, 2.45) is 5.92 Å². The molecule has 17 heavy (non-hydrogen) atoms. The Morgan fingerprint density at radius 2 is 2.35 bits per heavy atom. The lowest BCUT2D eigenvalue weighted by atomic mass is 9.98. The summed E-state index contributed by atoms with van der Waals surface area (Å²) in [6.45, 7) is 3.86. The van der Waals surface area contributed by atoms with Crippen LogP contribution in [0.4, 0.5) is 0 Å². The maximum atomic E-state index is 5.51. The molecule has 1 unspecified atom stereocenters. The van der Waals surface area contributed by atoms with E-state index >= 15 is 0 Å².